The van der Waals surface area contributed by atoms with Crippen molar-refractivity contribution in [3.8, 4) is 0 Å². The van der Waals surface area contributed by atoms with Crippen molar-refractivity contribution in [2.24, 2.45) is 0 Å². The smallest absolute Gasteiger partial charge is 0.132 e. The lowest BCUT2D eigenvalue weighted by atomic mass is 10.0. The number of quaternary nitrogens is 1. The first-order chi connectivity index (χ1) is 10.5. The van der Waals surface area contributed by atoms with Crippen molar-refractivity contribution in [1.29, 1.82) is 0 Å². The molecule has 0 saturated carbocycles. The number of unbranched alkanes of at least 4 members (excludes halogenated alkanes) is 9. The van der Waals surface area contributed by atoms with Crippen molar-refractivity contribution in [3.63, 3.8) is 0 Å². The van der Waals surface area contributed by atoms with Gasteiger partial charge in [0.2, 0.25) is 0 Å². The quantitative estimate of drug-likeness (QED) is 0.255. The number of aryl methyl sites for hydroxylation is 1. The number of hydrogen-bond donors (Lipinski definition) is 0. The van der Waals surface area contributed by atoms with E-state index >= 15 is 0 Å². The number of hydroxylamine groups is 2. The van der Waals surface area contributed by atoms with Crippen molar-refractivity contribution in [1.82, 2.24) is 4.65 Å². The van der Waals surface area contributed by atoms with Crippen molar-refractivity contribution in [2.45, 2.75) is 77.6 Å². The molecule has 2 heteroatoms. The number of hydrogen-bond acceptors (Lipinski definition) is 1. The van der Waals surface area contributed by atoms with Crippen LogP contribution in [0.4, 0.5) is 5.69 Å². The van der Waals surface area contributed by atoms with Gasteiger partial charge in [-0.2, -0.15) is 0 Å². The van der Waals surface area contributed by atoms with E-state index < -0.39 is 0 Å². The fourth-order valence-corrected chi connectivity index (χ4v) is 2.84. The molecular formula is C20H35NO. The van der Waals surface area contributed by atoms with E-state index in [4.69, 9.17) is 0 Å². The van der Waals surface area contributed by atoms with Gasteiger partial charge in [-0.3, -0.25) is 0 Å². The van der Waals surface area contributed by atoms with E-state index in [1.54, 1.807) is 14.1 Å². The Bertz CT molecular complexity index is 378. The molecule has 2 nitrogen and oxygen atoms in total. The molecule has 0 aliphatic heterocycles. The van der Waals surface area contributed by atoms with E-state index in [0.717, 1.165) is 12.1 Å². The predicted octanol–water partition coefficient (Wildman–Crippen LogP) is 6.21. The van der Waals surface area contributed by atoms with Gasteiger partial charge in [-0.1, -0.05) is 76.8 Å². The molecule has 0 radical (unpaired) electrons. The Morgan fingerprint density at radius 2 is 1.18 bits per heavy atom. The first-order valence-electron chi connectivity index (χ1n) is 9.18. The summed E-state index contributed by atoms with van der Waals surface area (Å²) in [7, 11) is 3.33. The minimum atomic E-state index is -0.349. The Balaban J connectivity index is 2.03. The third kappa shape index (κ3) is 8.55. The SMILES string of the molecule is CCCCCCCCCCCCc1ccc([N+](C)(C)[O-])cc1. The number of nitrogens with zero attached hydrogens (tertiary/aromatic N) is 1. The molecule has 0 amide bonds. The molecule has 0 fully saturated rings. The average Bonchev–Trinajstić information content (AvgIpc) is 2.49. The van der Waals surface area contributed by atoms with Crippen LogP contribution >= 0.6 is 0 Å². The van der Waals surface area contributed by atoms with Gasteiger partial charge in [0.1, 0.15) is 5.69 Å². The first kappa shape index (κ1) is 19.2. The van der Waals surface area contributed by atoms with Crippen LogP contribution in [0.5, 0.6) is 0 Å². The van der Waals surface area contributed by atoms with Gasteiger partial charge in [-0.25, -0.2) is 0 Å². The molecule has 0 heterocycles. The van der Waals surface area contributed by atoms with Gasteiger partial charge in [-0.05, 0) is 30.5 Å². The zero-order chi connectivity index (χ0) is 16.3. The van der Waals surface area contributed by atoms with Crippen LogP contribution in [-0.4, -0.2) is 14.1 Å². The Hall–Kier alpha value is -0.860. The minimum absolute atomic E-state index is 0.349. The van der Waals surface area contributed by atoms with Gasteiger partial charge >= 0.3 is 0 Å². The number of benzene rings is 1. The summed E-state index contributed by atoms with van der Waals surface area (Å²) in [5.74, 6) is 0. The summed E-state index contributed by atoms with van der Waals surface area (Å²) in [5.41, 5.74) is 2.18. The van der Waals surface area contributed by atoms with E-state index in [1.165, 1.54) is 69.8 Å². The lowest BCUT2D eigenvalue weighted by Gasteiger charge is -2.33. The van der Waals surface area contributed by atoms with Crippen LogP contribution in [0.1, 0.15) is 76.7 Å². The lowest BCUT2D eigenvalue weighted by molar-refractivity contribution is 0.542. The molecule has 0 N–H and O–H groups in total. The molecule has 0 bridgehead atoms. The Labute approximate surface area is 137 Å². The van der Waals surface area contributed by atoms with Crippen LogP contribution in [0.15, 0.2) is 24.3 Å². The van der Waals surface area contributed by atoms with Crippen molar-refractivity contribution in [3.05, 3.63) is 35.0 Å². The highest BCUT2D eigenvalue weighted by molar-refractivity contribution is 5.43. The van der Waals surface area contributed by atoms with Crippen LogP contribution in [0.2, 0.25) is 0 Å². The van der Waals surface area contributed by atoms with Gasteiger partial charge in [0.15, 0.2) is 0 Å². The topological polar surface area (TPSA) is 23.1 Å². The molecule has 126 valence electrons. The van der Waals surface area contributed by atoms with Gasteiger partial charge in [-0.15, -0.1) is 0 Å². The fourth-order valence-electron chi connectivity index (χ4n) is 2.84. The molecule has 0 saturated heterocycles. The molecule has 1 aromatic carbocycles. The van der Waals surface area contributed by atoms with E-state index in [1.807, 2.05) is 12.1 Å². The molecule has 0 aliphatic rings. The maximum Gasteiger partial charge on any atom is 0.132 e. The van der Waals surface area contributed by atoms with Gasteiger partial charge in [0.05, 0.1) is 14.1 Å². The minimum Gasteiger partial charge on any atom is -0.628 e. The van der Waals surface area contributed by atoms with Crippen LogP contribution in [0, 0.1) is 5.21 Å². The van der Waals surface area contributed by atoms with Crippen LogP contribution in [0.25, 0.3) is 0 Å². The molecular weight excluding hydrogens is 270 g/mol. The van der Waals surface area contributed by atoms with Crippen LogP contribution < -0.4 is 4.65 Å². The summed E-state index contributed by atoms with van der Waals surface area (Å²) in [6.07, 6.45) is 14.9. The molecule has 0 unspecified atom stereocenters. The van der Waals surface area contributed by atoms with Crippen LogP contribution in [0.3, 0.4) is 0 Å². The second-order valence-corrected chi connectivity index (χ2v) is 6.95. The molecule has 0 aromatic heterocycles. The highest BCUT2D eigenvalue weighted by atomic mass is 16.5. The first-order valence-corrected chi connectivity index (χ1v) is 9.18. The second kappa shape index (κ2) is 10.8. The van der Waals surface area contributed by atoms with Gasteiger partial charge in [0.25, 0.3) is 0 Å². The third-order valence-corrected chi connectivity index (χ3v) is 4.38. The third-order valence-electron chi connectivity index (χ3n) is 4.38. The normalized spacial score (nSPS) is 11.8. The van der Waals surface area contributed by atoms with Crippen LogP contribution in [-0.2, 0) is 6.42 Å². The second-order valence-electron chi connectivity index (χ2n) is 6.95. The van der Waals surface area contributed by atoms with E-state index in [-0.39, 0.29) is 4.65 Å². The molecule has 1 aromatic rings. The van der Waals surface area contributed by atoms with E-state index in [0.29, 0.717) is 0 Å². The zero-order valence-electron chi connectivity index (χ0n) is 14.9. The Morgan fingerprint density at radius 3 is 1.64 bits per heavy atom. The summed E-state index contributed by atoms with van der Waals surface area (Å²) in [6, 6.07) is 8.17. The molecule has 0 atom stereocenters. The standard InChI is InChI=1S/C20H35NO/c1-4-5-6-7-8-9-10-11-12-13-14-19-15-17-20(18-16-19)21(2,3)22/h15-18H,4-14H2,1-3H3. The maximum atomic E-state index is 11.8. The summed E-state index contributed by atoms with van der Waals surface area (Å²) in [4.78, 5) is 0. The van der Waals surface area contributed by atoms with Gasteiger partial charge in [0, 0.05) is 0 Å². The predicted molar refractivity (Wildman–Crippen MR) is 99.0 cm³/mol. The lowest BCUT2D eigenvalue weighted by Crippen LogP contribution is -2.32. The van der Waals surface area contributed by atoms with Crippen molar-refractivity contribution < 1.29 is 0 Å². The highest BCUT2D eigenvalue weighted by Gasteiger charge is 2.06. The monoisotopic (exact) mass is 305 g/mol. The maximum absolute atomic E-state index is 11.8. The summed E-state index contributed by atoms with van der Waals surface area (Å²) in [6.45, 7) is 2.27. The van der Waals surface area contributed by atoms with E-state index in [2.05, 4.69) is 19.1 Å². The van der Waals surface area contributed by atoms with Crippen molar-refractivity contribution in [2.75, 3.05) is 14.1 Å². The van der Waals surface area contributed by atoms with E-state index in [9.17, 15) is 5.21 Å². The summed E-state index contributed by atoms with van der Waals surface area (Å²) in [5, 5.41) is 11.8. The molecule has 22 heavy (non-hydrogen) atoms. The Kier molecular flexibility index (Phi) is 9.42. The highest BCUT2D eigenvalue weighted by Crippen LogP contribution is 2.19. The summed E-state index contributed by atoms with van der Waals surface area (Å²) >= 11 is 0. The number of rotatable bonds is 12. The average molecular weight is 306 g/mol. The van der Waals surface area contributed by atoms with Crippen molar-refractivity contribution >= 4 is 5.69 Å². The summed E-state index contributed by atoms with van der Waals surface area (Å²) < 4.78 is -0.349. The zero-order valence-corrected chi connectivity index (χ0v) is 14.9. The molecule has 1 rings (SSSR count). The molecule has 0 aliphatic carbocycles. The Morgan fingerprint density at radius 1 is 0.727 bits per heavy atom. The van der Waals surface area contributed by atoms with Gasteiger partial charge < -0.3 is 9.85 Å². The largest absolute Gasteiger partial charge is 0.628 e. The fraction of sp³-hybridized carbons (Fsp3) is 0.700. The molecule has 0 spiro atoms.